The van der Waals surface area contributed by atoms with Crippen molar-refractivity contribution in [1.82, 2.24) is 9.97 Å². The monoisotopic (exact) mass is 241 g/mol. The van der Waals surface area contributed by atoms with Crippen LogP contribution in [0.3, 0.4) is 0 Å². The third-order valence-electron chi connectivity index (χ3n) is 3.49. The second-order valence-corrected chi connectivity index (χ2v) is 5.27. The molecule has 2 aromatic rings. The van der Waals surface area contributed by atoms with E-state index >= 15 is 0 Å². The standard InChI is InChI=1S/C15H19N3/c1-11(8-12-2-3-12)18-14-6-4-13(5-7-14)15-9-16-10-17-15/h4-7,9-12,18H,2-3,8H2,1H3,(H,16,17). The third kappa shape index (κ3) is 2.73. The first-order chi connectivity index (χ1) is 8.81. The highest BCUT2D eigenvalue weighted by Gasteiger charge is 2.23. The Hall–Kier alpha value is -1.77. The molecule has 2 N–H and O–H groups in total. The lowest BCUT2D eigenvalue weighted by Gasteiger charge is -2.15. The maximum absolute atomic E-state index is 4.04. The van der Waals surface area contributed by atoms with Crippen molar-refractivity contribution in [3.63, 3.8) is 0 Å². The number of rotatable bonds is 5. The summed E-state index contributed by atoms with van der Waals surface area (Å²) in [4.78, 5) is 7.15. The molecule has 0 aliphatic heterocycles. The van der Waals surface area contributed by atoms with E-state index in [0.29, 0.717) is 6.04 Å². The Labute approximate surface area is 108 Å². The van der Waals surface area contributed by atoms with Crippen molar-refractivity contribution in [2.45, 2.75) is 32.2 Å². The van der Waals surface area contributed by atoms with Crippen molar-refractivity contribution in [3.05, 3.63) is 36.8 Å². The van der Waals surface area contributed by atoms with Gasteiger partial charge in [0.1, 0.15) is 0 Å². The van der Waals surface area contributed by atoms with Gasteiger partial charge in [0, 0.05) is 11.7 Å². The van der Waals surface area contributed by atoms with Gasteiger partial charge in [-0.25, -0.2) is 4.98 Å². The number of imidazole rings is 1. The van der Waals surface area contributed by atoms with Crippen LogP contribution in [0.1, 0.15) is 26.2 Å². The smallest absolute Gasteiger partial charge is 0.0924 e. The molecule has 1 aliphatic carbocycles. The number of hydrogen-bond acceptors (Lipinski definition) is 2. The number of anilines is 1. The Bertz CT molecular complexity index is 483. The van der Waals surface area contributed by atoms with Crippen molar-refractivity contribution >= 4 is 5.69 Å². The van der Waals surface area contributed by atoms with E-state index in [4.69, 9.17) is 0 Å². The first-order valence-corrected chi connectivity index (χ1v) is 6.66. The molecule has 1 aromatic heterocycles. The molecule has 1 heterocycles. The van der Waals surface area contributed by atoms with E-state index in [9.17, 15) is 0 Å². The number of aromatic nitrogens is 2. The zero-order valence-electron chi connectivity index (χ0n) is 10.7. The SMILES string of the molecule is CC(CC1CC1)Nc1ccc(-c2cnc[nH]2)cc1. The van der Waals surface area contributed by atoms with E-state index in [2.05, 4.69) is 46.5 Å². The molecule has 1 fully saturated rings. The average Bonchev–Trinajstić information content (AvgIpc) is 3.01. The van der Waals surface area contributed by atoms with Crippen LogP contribution in [-0.4, -0.2) is 16.0 Å². The highest BCUT2D eigenvalue weighted by atomic mass is 14.9. The van der Waals surface area contributed by atoms with Crippen LogP contribution in [0.5, 0.6) is 0 Å². The van der Waals surface area contributed by atoms with Gasteiger partial charge in [-0.1, -0.05) is 25.0 Å². The van der Waals surface area contributed by atoms with Gasteiger partial charge in [-0.15, -0.1) is 0 Å². The lowest BCUT2D eigenvalue weighted by atomic mass is 10.1. The highest BCUT2D eigenvalue weighted by molar-refractivity contribution is 5.62. The summed E-state index contributed by atoms with van der Waals surface area (Å²) in [5, 5.41) is 3.56. The van der Waals surface area contributed by atoms with Crippen LogP contribution in [0.25, 0.3) is 11.3 Å². The second-order valence-electron chi connectivity index (χ2n) is 5.27. The molecule has 3 rings (SSSR count). The first kappa shape index (κ1) is 11.3. The van der Waals surface area contributed by atoms with E-state index < -0.39 is 0 Å². The molecule has 0 amide bonds. The fourth-order valence-electron chi connectivity index (χ4n) is 2.36. The lowest BCUT2D eigenvalue weighted by Crippen LogP contribution is -2.15. The minimum absolute atomic E-state index is 0.565. The summed E-state index contributed by atoms with van der Waals surface area (Å²) in [7, 11) is 0. The topological polar surface area (TPSA) is 40.7 Å². The number of benzene rings is 1. The van der Waals surface area contributed by atoms with Crippen LogP contribution in [0.4, 0.5) is 5.69 Å². The molecular formula is C15H19N3. The molecular weight excluding hydrogens is 222 g/mol. The number of hydrogen-bond donors (Lipinski definition) is 2. The van der Waals surface area contributed by atoms with Gasteiger partial charge < -0.3 is 10.3 Å². The quantitative estimate of drug-likeness (QED) is 0.838. The van der Waals surface area contributed by atoms with E-state index in [1.165, 1.54) is 30.5 Å². The first-order valence-electron chi connectivity index (χ1n) is 6.66. The minimum atomic E-state index is 0.565. The second kappa shape index (κ2) is 4.84. The van der Waals surface area contributed by atoms with Crippen LogP contribution < -0.4 is 5.32 Å². The molecule has 18 heavy (non-hydrogen) atoms. The lowest BCUT2D eigenvalue weighted by molar-refractivity contribution is 0.642. The molecule has 1 aromatic carbocycles. The molecule has 0 spiro atoms. The van der Waals surface area contributed by atoms with Crippen molar-refractivity contribution in [2.24, 2.45) is 5.92 Å². The molecule has 0 saturated heterocycles. The summed E-state index contributed by atoms with van der Waals surface area (Å²) in [5.74, 6) is 0.969. The van der Waals surface area contributed by atoms with Crippen LogP contribution in [0, 0.1) is 5.92 Å². The normalized spacial score (nSPS) is 16.5. The van der Waals surface area contributed by atoms with Gasteiger partial charge in [0.15, 0.2) is 0 Å². The summed E-state index contributed by atoms with van der Waals surface area (Å²) >= 11 is 0. The van der Waals surface area contributed by atoms with Crippen LogP contribution in [0.15, 0.2) is 36.8 Å². The molecule has 1 unspecified atom stereocenters. The van der Waals surface area contributed by atoms with Crippen molar-refractivity contribution in [1.29, 1.82) is 0 Å². The number of nitrogens with zero attached hydrogens (tertiary/aromatic N) is 1. The summed E-state index contributed by atoms with van der Waals surface area (Å²) in [6.45, 7) is 2.27. The van der Waals surface area contributed by atoms with Gasteiger partial charge in [0.2, 0.25) is 0 Å². The van der Waals surface area contributed by atoms with Crippen LogP contribution >= 0.6 is 0 Å². The number of nitrogens with one attached hydrogen (secondary N) is 2. The number of H-pyrrole nitrogens is 1. The maximum atomic E-state index is 4.04. The fourth-order valence-corrected chi connectivity index (χ4v) is 2.36. The van der Waals surface area contributed by atoms with Crippen molar-refractivity contribution in [2.75, 3.05) is 5.32 Å². The van der Waals surface area contributed by atoms with E-state index in [1.807, 2.05) is 6.20 Å². The van der Waals surface area contributed by atoms with Crippen LogP contribution in [0.2, 0.25) is 0 Å². The van der Waals surface area contributed by atoms with Gasteiger partial charge in [-0.05, 0) is 37.0 Å². The predicted molar refractivity (Wildman–Crippen MR) is 74.4 cm³/mol. The van der Waals surface area contributed by atoms with Gasteiger partial charge in [0.05, 0.1) is 18.2 Å². The van der Waals surface area contributed by atoms with E-state index in [0.717, 1.165) is 11.6 Å². The maximum Gasteiger partial charge on any atom is 0.0924 e. The highest BCUT2D eigenvalue weighted by Crippen LogP contribution is 2.34. The largest absolute Gasteiger partial charge is 0.383 e. The Kier molecular flexibility index (Phi) is 3.05. The summed E-state index contributed by atoms with van der Waals surface area (Å²) in [5.41, 5.74) is 3.44. The summed E-state index contributed by atoms with van der Waals surface area (Å²) < 4.78 is 0. The zero-order valence-corrected chi connectivity index (χ0v) is 10.7. The summed E-state index contributed by atoms with van der Waals surface area (Å²) in [6.07, 6.45) is 7.69. The Morgan fingerprint density at radius 3 is 2.72 bits per heavy atom. The zero-order chi connectivity index (χ0) is 12.4. The molecule has 1 atom stereocenters. The minimum Gasteiger partial charge on any atom is -0.383 e. The van der Waals surface area contributed by atoms with Gasteiger partial charge in [-0.2, -0.15) is 0 Å². The molecule has 1 aliphatic rings. The fraction of sp³-hybridized carbons (Fsp3) is 0.400. The van der Waals surface area contributed by atoms with E-state index in [1.54, 1.807) is 6.33 Å². The molecule has 3 nitrogen and oxygen atoms in total. The Morgan fingerprint density at radius 2 is 2.11 bits per heavy atom. The molecule has 0 bridgehead atoms. The van der Waals surface area contributed by atoms with Gasteiger partial charge >= 0.3 is 0 Å². The average molecular weight is 241 g/mol. The molecule has 1 saturated carbocycles. The van der Waals surface area contributed by atoms with Gasteiger partial charge in [0.25, 0.3) is 0 Å². The van der Waals surface area contributed by atoms with Gasteiger partial charge in [-0.3, -0.25) is 0 Å². The number of aromatic amines is 1. The van der Waals surface area contributed by atoms with E-state index in [-0.39, 0.29) is 0 Å². The molecule has 0 radical (unpaired) electrons. The third-order valence-corrected chi connectivity index (χ3v) is 3.49. The Morgan fingerprint density at radius 1 is 1.33 bits per heavy atom. The Balaban J connectivity index is 1.63. The van der Waals surface area contributed by atoms with Crippen LogP contribution in [-0.2, 0) is 0 Å². The van der Waals surface area contributed by atoms with Crippen molar-refractivity contribution in [3.8, 4) is 11.3 Å². The summed E-state index contributed by atoms with van der Waals surface area (Å²) in [6, 6.07) is 9.09. The predicted octanol–water partition coefficient (Wildman–Crippen LogP) is 3.68. The van der Waals surface area contributed by atoms with Crippen molar-refractivity contribution < 1.29 is 0 Å². The molecule has 94 valence electrons. The molecule has 3 heteroatoms.